The van der Waals surface area contributed by atoms with Crippen molar-refractivity contribution in [3.8, 4) is 11.1 Å². The SMILES string of the molecule is CCOC(=O)c1[nH]ccc1-c1c(F)cccc1F. The van der Waals surface area contributed by atoms with Gasteiger partial charge in [-0.1, -0.05) is 6.07 Å². The van der Waals surface area contributed by atoms with E-state index in [2.05, 4.69) is 4.98 Å². The van der Waals surface area contributed by atoms with Crippen LogP contribution < -0.4 is 0 Å². The Kier molecular flexibility index (Phi) is 3.41. The number of esters is 1. The average Bonchev–Trinajstić information content (AvgIpc) is 2.78. The van der Waals surface area contributed by atoms with Gasteiger partial charge in [-0.15, -0.1) is 0 Å². The Hall–Kier alpha value is -2.17. The molecule has 0 amide bonds. The lowest BCUT2D eigenvalue weighted by Crippen LogP contribution is -2.07. The highest BCUT2D eigenvalue weighted by Gasteiger charge is 2.20. The molecule has 0 aliphatic carbocycles. The van der Waals surface area contributed by atoms with E-state index in [1.54, 1.807) is 6.92 Å². The quantitative estimate of drug-likeness (QED) is 0.851. The van der Waals surface area contributed by atoms with Crippen molar-refractivity contribution in [1.82, 2.24) is 4.98 Å². The van der Waals surface area contributed by atoms with Gasteiger partial charge in [0.1, 0.15) is 17.3 Å². The Bertz CT molecular complexity index is 558. The van der Waals surface area contributed by atoms with E-state index in [0.717, 1.165) is 12.1 Å². The van der Waals surface area contributed by atoms with E-state index >= 15 is 0 Å². The zero-order valence-corrected chi connectivity index (χ0v) is 9.67. The van der Waals surface area contributed by atoms with Crippen LogP contribution in [0.4, 0.5) is 8.78 Å². The van der Waals surface area contributed by atoms with E-state index in [1.165, 1.54) is 18.3 Å². The third kappa shape index (κ3) is 2.11. The van der Waals surface area contributed by atoms with Crippen LogP contribution in [0.1, 0.15) is 17.4 Å². The van der Waals surface area contributed by atoms with E-state index in [-0.39, 0.29) is 23.4 Å². The number of hydrogen-bond acceptors (Lipinski definition) is 2. The van der Waals surface area contributed by atoms with Crippen LogP contribution in [-0.2, 0) is 4.74 Å². The summed E-state index contributed by atoms with van der Waals surface area (Å²) >= 11 is 0. The first-order valence-corrected chi connectivity index (χ1v) is 5.44. The molecular weight excluding hydrogens is 240 g/mol. The fourth-order valence-electron chi connectivity index (χ4n) is 1.71. The van der Waals surface area contributed by atoms with Gasteiger partial charge in [0, 0.05) is 11.8 Å². The predicted molar refractivity (Wildman–Crippen MR) is 62.1 cm³/mol. The molecular formula is C13H11F2NO2. The number of aromatic amines is 1. The number of carbonyl (C=O) groups excluding carboxylic acids is 1. The van der Waals surface area contributed by atoms with E-state index in [4.69, 9.17) is 4.74 Å². The smallest absolute Gasteiger partial charge is 0.355 e. The van der Waals surface area contributed by atoms with Crippen LogP contribution >= 0.6 is 0 Å². The molecule has 3 nitrogen and oxygen atoms in total. The second kappa shape index (κ2) is 5.00. The van der Waals surface area contributed by atoms with Gasteiger partial charge in [-0.25, -0.2) is 13.6 Å². The minimum absolute atomic E-state index is 0.0425. The van der Waals surface area contributed by atoms with Gasteiger partial charge in [0.15, 0.2) is 0 Å². The molecule has 2 aromatic rings. The van der Waals surface area contributed by atoms with Crippen molar-refractivity contribution < 1.29 is 18.3 Å². The first kappa shape index (κ1) is 12.3. The highest BCUT2D eigenvalue weighted by Crippen LogP contribution is 2.28. The van der Waals surface area contributed by atoms with E-state index < -0.39 is 17.6 Å². The maximum Gasteiger partial charge on any atom is 0.355 e. The summed E-state index contributed by atoms with van der Waals surface area (Å²) in [7, 11) is 0. The van der Waals surface area contributed by atoms with Crippen molar-refractivity contribution >= 4 is 5.97 Å². The topological polar surface area (TPSA) is 42.1 Å². The summed E-state index contributed by atoms with van der Waals surface area (Å²) in [6.07, 6.45) is 1.44. The molecule has 0 fully saturated rings. The van der Waals surface area contributed by atoms with Gasteiger partial charge in [-0.2, -0.15) is 0 Å². The van der Waals surface area contributed by atoms with Gasteiger partial charge < -0.3 is 9.72 Å². The van der Waals surface area contributed by atoms with Crippen molar-refractivity contribution in [3.63, 3.8) is 0 Å². The van der Waals surface area contributed by atoms with E-state index in [1.807, 2.05) is 0 Å². The van der Waals surface area contributed by atoms with Crippen LogP contribution in [0.2, 0.25) is 0 Å². The van der Waals surface area contributed by atoms with Crippen molar-refractivity contribution in [2.45, 2.75) is 6.92 Å². The predicted octanol–water partition coefficient (Wildman–Crippen LogP) is 3.14. The zero-order chi connectivity index (χ0) is 13.1. The number of hydrogen-bond donors (Lipinski definition) is 1. The molecule has 1 heterocycles. The normalized spacial score (nSPS) is 10.4. The Morgan fingerprint density at radius 2 is 1.94 bits per heavy atom. The summed E-state index contributed by atoms with van der Waals surface area (Å²) in [5.41, 5.74) is -0.0355. The highest BCUT2D eigenvalue weighted by atomic mass is 19.1. The number of aromatic nitrogens is 1. The molecule has 0 radical (unpaired) electrons. The van der Waals surface area contributed by atoms with Crippen LogP contribution in [0.3, 0.4) is 0 Å². The summed E-state index contributed by atoms with van der Waals surface area (Å²) < 4.78 is 32.1. The summed E-state index contributed by atoms with van der Waals surface area (Å²) in [6.45, 7) is 1.85. The van der Waals surface area contributed by atoms with Crippen LogP contribution in [-0.4, -0.2) is 17.6 Å². The lowest BCUT2D eigenvalue weighted by Gasteiger charge is -2.06. The van der Waals surface area contributed by atoms with Crippen LogP contribution in [0.25, 0.3) is 11.1 Å². The molecule has 18 heavy (non-hydrogen) atoms. The number of carbonyl (C=O) groups is 1. The molecule has 0 bridgehead atoms. The maximum atomic E-state index is 13.6. The summed E-state index contributed by atoms with van der Waals surface area (Å²) in [4.78, 5) is 14.3. The maximum absolute atomic E-state index is 13.6. The molecule has 0 saturated carbocycles. The molecule has 1 aromatic carbocycles. The molecule has 94 valence electrons. The molecule has 1 aromatic heterocycles. The van der Waals surface area contributed by atoms with Crippen molar-refractivity contribution in [3.05, 3.63) is 47.8 Å². The number of rotatable bonds is 3. The monoisotopic (exact) mass is 251 g/mol. The lowest BCUT2D eigenvalue weighted by molar-refractivity contribution is 0.0521. The third-order valence-electron chi connectivity index (χ3n) is 2.46. The molecule has 1 N–H and O–H groups in total. The van der Waals surface area contributed by atoms with Gasteiger partial charge in [0.25, 0.3) is 0 Å². The molecule has 0 aliphatic heterocycles. The molecule has 0 atom stereocenters. The molecule has 0 spiro atoms. The van der Waals surface area contributed by atoms with E-state index in [9.17, 15) is 13.6 Å². The number of H-pyrrole nitrogens is 1. The summed E-state index contributed by atoms with van der Waals surface area (Å²) in [5, 5.41) is 0. The van der Waals surface area contributed by atoms with Crippen LogP contribution in [0.15, 0.2) is 30.5 Å². The van der Waals surface area contributed by atoms with E-state index in [0.29, 0.717) is 0 Å². The molecule has 2 rings (SSSR count). The third-order valence-corrected chi connectivity index (χ3v) is 2.46. The average molecular weight is 251 g/mol. The largest absolute Gasteiger partial charge is 0.461 e. The number of benzene rings is 1. The molecule has 5 heteroatoms. The zero-order valence-electron chi connectivity index (χ0n) is 9.67. The van der Waals surface area contributed by atoms with Crippen molar-refractivity contribution in [2.75, 3.05) is 6.61 Å². The number of halogens is 2. The molecule has 0 unspecified atom stereocenters. The first-order valence-electron chi connectivity index (χ1n) is 5.44. The van der Waals surface area contributed by atoms with Crippen LogP contribution in [0.5, 0.6) is 0 Å². The van der Waals surface area contributed by atoms with Gasteiger partial charge in [0.2, 0.25) is 0 Å². The molecule has 0 aliphatic rings. The lowest BCUT2D eigenvalue weighted by atomic mass is 10.0. The fraction of sp³-hybridized carbons (Fsp3) is 0.154. The van der Waals surface area contributed by atoms with Gasteiger partial charge in [-0.05, 0) is 25.1 Å². The van der Waals surface area contributed by atoms with Gasteiger partial charge in [0.05, 0.1) is 12.2 Å². The Balaban J connectivity index is 2.52. The van der Waals surface area contributed by atoms with Gasteiger partial charge >= 0.3 is 5.97 Å². The second-order valence-corrected chi connectivity index (χ2v) is 3.58. The first-order chi connectivity index (χ1) is 8.65. The number of nitrogens with one attached hydrogen (secondary N) is 1. The number of ether oxygens (including phenoxy) is 1. The Morgan fingerprint density at radius 3 is 2.56 bits per heavy atom. The van der Waals surface area contributed by atoms with Crippen molar-refractivity contribution in [1.29, 1.82) is 0 Å². The van der Waals surface area contributed by atoms with Crippen LogP contribution in [0, 0.1) is 11.6 Å². The standard InChI is InChI=1S/C13H11F2NO2/c1-2-18-13(17)12-8(6-7-16-12)11-9(14)4-3-5-10(11)15/h3-7,16H,2H2,1H3. The van der Waals surface area contributed by atoms with Crippen molar-refractivity contribution in [2.24, 2.45) is 0 Å². The van der Waals surface area contributed by atoms with Gasteiger partial charge in [-0.3, -0.25) is 0 Å². The Morgan fingerprint density at radius 1 is 1.28 bits per heavy atom. The highest BCUT2D eigenvalue weighted by molar-refractivity contribution is 5.95. The summed E-state index contributed by atoms with van der Waals surface area (Å²) in [5.74, 6) is -2.08. The molecule has 0 saturated heterocycles. The second-order valence-electron chi connectivity index (χ2n) is 3.58. The Labute approximate surface area is 102 Å². The minimum atomic E-state index is -0.722. The summed E-state index contributed by atoms with van der Waals surface area (Å²) in [6, 6.07) is 4.99. The minimum Gasteiger partial charge on any atom is -0.461 e. The fourth-order valence-corrected chi connectivity index (χ4v) is 1.71.